The Labute approximate surface area is 145 Å². The van der Waals surface area contributed by atoms with Crippen LogP contribution in [-0.2, 0) is 16.4 Å². The van der Waals surface area contributed by atoms with E-state index in [1.54, 1.807) is 0 Å². The Kier molecular flexibility index (Phi) is 4.68. The number of benzene rings is 1. The lowest BCUT2D eigenvalue weighted by molar-refractivity contribution is 0.368. The van der Waals surface area contributed by atoms with Crippen LogP contribution in [-0.4, -0.2) is 24.4 Å². The minimum absolute atomic E-state index is 0.00652. The number of aryl methyl sites for hydroxylation is 2. The van der Waals surface area contributed by atoms with Crippen LogP contribution in [0.4, 0.5) is 4.39 Å². The van der Waals surface area contributed by atoms with Crippen LogP contribution in [0.3, 0.4) is 0 Å². The molecular weight excluding hydrogens is 355 g/mol. The van der Waals surface area contributed by atoms with E-state index in [-0.39, 0.29) is 16.0 Å². The fraction of sp³-hybridized carbons (Fsp3) is 0.438. The molecule has 0 spiro atoms. The van der Waals surface area contributed by atoms with Crippen molar-refractivity contribution in [3.8, 4) is 0 Å². The topological polar surface area (TPSA) is 63.4 Å². The molecule has 1 aromatic heterocycles. The van der Waals surface area contributed by atoms with Gasteiger partial charge in [-0.3, -0.25) is 0 Å². The third kappa shape index (κ3) is 2.85. The third-order valence-corrected chi connectivity index (χ3v) is 6.53. The van der Waals surface area contributed by atoms with Crippen molar-refractivity contribution in [3.05, 3.63) is 46.1 Å². The van der Waals surface area contributed by atoms with Crippen LogP contribution >= 0.6 is 11.6 Å². The smallest absolute Gasteiger partial charge is 0.243 e. The number of hydrogen-bond acceptors (Lipinski definition) is 4. The molecule has 3 rings (SSSR count). The van der Waals surface area contributed by atoms with Crippen molar-refractivity contribution in [2.75, 3.05) is 6.54 Å². The highest BCUT2D eigenvalue weighted by atomic mass is 35.5. The molecule has 1 saturated heterocycles. The Morgan fingerprint density at radius 3 is 2.88 bits per heavy atom. The second-order valence-corrected chi connectivity index (χ2v) is 8.11. The third-order valence-electron chi connectivity index (χ3n) is 4.34. The van der Waals surface area contributed by atoms with Gasteiger partial charge in [0.1, 0.15) is 11.6 Å². The van der Waals surface area contributed by atoms with Crippen molar-refractivity contribution in [2.24, 2.45) is 0 Å². The summed E-state index contributed by atoms with van der Waals surface area (Å²) in [5.74, 6) is 0.0634. The fourth-order valence-corrected chi connectivity index (χ4v) is 5.13. The van der Waals surface area contributed by atoms with Crippen LogP contribution < -0.4 is 0 Å². The predicted octanol–water partition coefficient (Wildman–Crippen LogP) is 3.86. The standard InChI is InChI=1S/C16H18ClFN2O3S/c1-3-15-16(10(2)19-23-15)14-5-4-8-20(14)24(21,22)11-6-7-13(18)12(17)9-11/h6-7,9,14H,3-5,8H2,1-2H3. The lowest BCUT2D eigenvalue weighted by Crippen LogP contribution is -2.31. The van der Waals surface area contributed by atoms with Crippen LogP contribution in [0, 0.1) is 12.7 Å². The summed E-state index contributed by atoms with van der Waals surface area (Å²) in [5, 5.41) is 3.77. The zero-order valence-corrected chi connectivity index (χ0v) is 15.0. The van der Waals surface area contributed by atoms with Gasteiger partial charge in [0, 0.05) is 18.5 Å². The average Bonchev–Trinajstić information content (AvgIpc) is 3.15. The molecule has 0 N–H and O–H groups in total. The molecule has 0 aliphatic carbocycles. The second kappa shape index (κ2) is 6.46. The summed E-state index contributed by atoms with van der Waals surface area (Å²) in [6.07, 6.45) is 2.08. The Balaban J connectivity index is 2.03. The van der Waals surface area contributed by atoms with E-state index in [1.165, 1.54) is 10.4 Å². The average molecular weight is 373 g/mol. The summed E-state index contributed by atoms with van der Waals surface area (Å²) < 4.78 is 46.1. The van der Waals surface area contributed by atoms with E-state index in [4.69, 9.17) is 16.1 Å². The van der Waals surface area contributed by atoms with Crippen molar-refractivity contribution in [1.29, 1.82) is 0 Å². The molecule has 8 heteroatoms. The molecule has 1 atom stereocenters. The van der Waals surface area contributed by atoms with Crippen LogP contribution in [0.15, 0.2) is 27.6 Å². The maximum Gasteiger partial charge on any atom is 0.243 e. The largest absolute Gasteiger partial charge is 0.361 e. The Hall–Kier alpha value is -1.44. The highest BCUT2D eigenvalue weighted by Crippen LogP contribution is 2.39. The van der Waals surface area contributed by atoms with Crippen molar-refractivity contribution in [2.45, 2.75) is 44.0 Å². The van der Waals surface area contributed by atoms with Gasteiger partial charge in [0.2, 0.25) is 10.0 Å². The maximum atomic E-state index is 13.4. The van der Waals surface area contributed by atoms with Crippen molar-refractivity contribution >= 4 is 21.6 Å². The van der Waals surface area contributed by atoms with Gasteiger partial charge in [0.15, 0.2) is 0 Å². The summed E-state index contributed by atoms with van der Waals surface area (Å²) in [5.41, 5.74) is 1.54. The zero-order chi connectivity index (χ0) is 17.5. The molecule has 0 radical (unpaired) electrons. The maximum absolute atomic E-state index is 13.4. The molecule has 0 amide bonds. The first-order valence-electron chi connectivity index (χ1n) is 7.78. The number of nitrogens with zero attached hydrogens (tertiary/aromatic N) is 2. The van der Waals surface area contributed by atoms with Crippen molar-refractivity contribution in [3.63, 3.8) is 0 Å². The van der Waals surface area contributed by atoms with E-state index in [0.717, 1.165) is 24.1 Å². The lowest BCUT2D eigenvalue weighted by Gasteiger charge is -2.24. The monoisotopic (exact) mass is 372 g/mol. The van der Waals surface area contributed by atoms with Gasteiger partial charge in [0.05, 0.1) is 21.7 Å². The molecule has 2 aromatic rings. The highest BCUT2D eigenvalue weighted by molar-refractivity contribution is 7.89. The number of aromatic nitrogens is 1. The Bertz CT molecular complexity index is 866. The molecule has 0 saturated carbocycles. The lowest BCUT2D eigenvalue weighted by atomic mass is 10.0. The van der Waals surface area contributed by atoms with Gasteiger partial charge >= 0.3 is 0 Å². The first kappa shape index (κ1) is 17.4. The van der Waals surface area contributed by atoms with E-state index in [0.29, 0.717) is 30.8 Å². The molecular formula is C16H18ClFN2O3S. The highest BCUT2D eigenvalue weighted by Gasteiger charge is 2.39. The van der Waals surface area contributed by atoms with Gasteiger partial charge < -0.3 is 4.52 Å². The molecule has 1 aromatic carbocycles. The molecule has 0 bridgehead atoms. The number of rotatable bonds is 4. The molecule has 2 heterocycles. The van der Waals surface area contributed by atoms with Crippen LogP contribution in [0.1, 0.15) is 42.8 Å². The number of halogens is 2. The van der Waals surface area contributed by atoms with Gasteiger partial charge in [-0.25, -0.2) is 12.8 Å². The van der Waals surface area contributed by atoms with Gasteiger partial charge in [-0.2, -0.15) is 4.31 Å². The van der Waals surface area contributed by atoms with Crippen molar-refractivity contribution < 1.29 is 17.3 Å². The summed E-state index contributed by atoms with van der Waals surface area (Å²) in [4.78, 5) is -0.00652. The number of sulfonamides is 1. The van der Waals surface area contributed by atoms with E-state index in [9.17, 15) is 12.8 Å². The quantitative estimate of drug-likeness (QED) is 0.817. The molecule has 130 valence electrons. The normalized spacial score (nSPS) is 19.1. The minimum Gasteiger partial charge on any atom is -0.361 e. The van der Waals surface area contributed by atoms with Gasteiger partial charge in [-0.05, 0) is 38.0 Å². The van der Waals surface area contributed by atoms with E-state index in [2.05, 4.69) is 5.16 Å². The van der Waals surface area contributed by atoms with Gasteiger partial charge in [-0.15, -0.1) is 0 Å². The predicted molar refractivity (Wildman–Crippen MR) is 87.9 cm³/mol. The first-order valence-corrected chi connectivity index (χ1v) is 9.60. The summed E-state index contributed by atoms with van der Waals surface area (Å²) in [6, 6.07) is 3.15. The van der Waals surface area contributed by atoms with E-state index in [1.807, 2.05) is 13.8 Å². The molecule has 1 fully saturated rings. The second-order valence-electron chi connectivity index (χ2n) is 5.81. The summed E-state index contributed by atoms with van der Waals surface area (Å²) in [6.45, 7) is 4.16. The zero-order valence-electron chi connectivity index (χ0n) is 13.4. The molecule has 1 aliphatic rings. The first-order chi connectivity index (χ1) is 11.4. The minimum atomic E-state index is -3.78. The SMILES string of the molecule is CCc1onc(C)c1C1CCCN1S(=O)(=O)c1ccc(F)c(Cl)c1. The fourth-order valence-electron chi connectivity index (χ4n) is 3.19. The number of hydrogen-bond donors (Lipinski definition) is 0. The van der Waals surface area contributed by atoms with E-state index < -0.39 is 15.8 Å². The molecule has 1 aliphatic heterocycles. The van der Waals surface area contributed by atoms with Crippen LogP contribution in [0.2, 0.25) is 5.02 Å². The van der Waals surface area contributed by atoms with Crippen molar-refractivity contribution in [1.82, 2.24) is 9.46 Å². The molecule has 5 nitrogen and oxygen atoms in total. The van der Waals surface area contributed by atoms with E-state index >= 15 is 0 Å². The Morgan fingerprint density at radius 1 is 1.46 bits per heavy atom. The molecule has 1 unspecified atom stereocenters. The Morgan fingerprint density at radius 2 is 2.21 bits per heavy atom. The van der Waals surface area contributed by atoms with Gasteiger partial charge in [-0.1, -0.05) is 23.7 Å². The van der Waals surface area contributed by atoms with Crippen LogP contribution in [0.25, 0.3) is 0 Å². The van der Waals surface area contributed by atoms with Gasteiger partial charge in [0.25, 0.3) is 0 Å². The summed E-state index contributed by atoms with van der Waals surface area (Å²) >= 11 is 5.75. The summed E-state index contributed by atoms with van der Waals surface area (Å²) in [7, 11) is -3.78. The molecule has 24 heavy (non-hydrogen) atoms. The van der Waals surface area contributed by atoms with Crippen LogP contribution in [0.5, 0.6) is 0 Å².